The van der Waals surface area contributed by atoms with Crippen molar-refractivity contribution < 1.29 is 0 Å². The molecule has 102 valence electrons. The number of fused-ring (bicyclic) bond motifs is 1. The molecule has 1 fully saturated rings. The van der Waals surface area contributed by atoms with Crippen LogP contribution in [0.5, 0.6) is 0 Å². The Labute approximate surface area is 119 Å². The van der Waals surface area contributed by atoms with Gasteiger partial charge in [0, 0.05) is 30.6 Å². The Kier molecular flexibility index (Phi) is 3.29. The molecular weight excluding hydrogens is 248 g/mol. The van der Waals surface area contributed by atoms with Gasteiger partial charge in [0.1, 0.15) is 5.82 Å². The van der Waals surface area contributed by atoms with Crippen molar-refractivity contribution in [1.29, 1.82) is 5.26 Å². The number of piperazine rings is 1. The monoisotopic (exact) mass is 266 g/mol. The third-order valence-electron chi connectivity index (χ3n) is 3.70. The summed E-state index contributed by atoms with van der Waals surface area (Å²) >= 11 is 0. The van der Waals surface area contributed by atoms with Crippen molar-refractivity contribution in [3.05, 3.63) is 35.9 Å². The van der Waals surface area contributed by atoms with Crippen LogP contribution in [0.2, 0.25) is 0 Å². The van der Waals surface area contributed by atoms with Crippen molar-refractivity contribution >= 4 is 16.7 Å². The van der Waals surface area contributed by atoms with Crippen LogP contribution >= 0.6 is 0 Å². The van der Waals surface area contributed by atoms with Crippen molar-refractivity contribution in [2.24, 2.45) is 0 Å². The highest BCUT2D eigenvalue weighted by atomic mass is 15.3. The molecule has 0 bridgehead atoms. The van der Waals surface area contributed by atoms with E-state index in [0.29, 0.717) is 17.6 Å². The third-order valence-corrected chi connectivity index (χ3v) is 3.70. The summed E-state index contributed by atoms with van der Waals surface area (Å²) in [6.07, 6.45) is 0. The molecule has 0 aliphatic carbocycles. The van der Waals surface area contributed by atoms with Gasteiger partial charge in [-0.25, -0.2) is 4.98 Å². The first-order valence-corrected chi connectivity index (χ1v) is 6.98. The van der Waals surface area contributed by atoms with Crippen LogP contribution in [0.25, 0.3) is 10.9 Å². The topological polar surface area (TPSA) is 52.0 Å². The van der Waals surface area contributed by atoms with Gasteiger partial charge in [0.15, 0.2) is 0 Å². The van der Waals surface area contributed by atoms with Crippen LogP contribution in [0.3, 0.4) is 0 Å². The molecule has 0 amide bonds. The molecule has 1 aromatic carbocycles. The van der Waals surface area contributed by atoms with Crippen molar-refractivity contribution in [2.75, 3.05) is 18.0 Å². The molecule has 4 heteroatoms. The van der Waals surface area contributed by atoms with Gasteiger partial charge in [0.25, 0.3) is 0 Å². The second-order valence-electron chi connectivity index (χ2n) is 5.53. The Morgan fingerprint density at radius 1 is 1.25 bits per heavy atom. The number of rotatable bonds is 1. The Hall–Kier alpha value is -2.12. The minimum atomic E-state index is 0.428. The molecule has 1 aliphatic heterocycles. The summed E-state index contributed by atoms with van der Waals surface area (Å²) in [6.45, 7) is 6.19. The maximum Gasteiger partial charge on any atom is 0.130 e. The van der Waals surface area contributed by atoms with Crippen LogP contribution in [0.1, 0.15) is 19.4 Å². The average Bonchev–Trinajstić information content (AvgIpc) is 2.45. The van der Waals surface area contributed by atoms with Gasteiger partial charge in [-0.3, -0.25) is 0 Å². The second kappa shape index (κ2) is 5.10. The Morgan fingerprint density at radius 3 is 2.65 bits per heavy atom. The van der Waals surface area contributed by atoms with Crippen LogP contribution in [0.15, 0.2) is 30.3 Å². The van der Waals surface area contributed by atoms with Crippen molar-refractivity contribution in [3.8, 4) is 6.07 Å². The zero-order valence-electron chi connectivity index (χ0n) is 11.8. The van der Waals surface area contributed by atoms with E-state index >= 15 is 0 Å². The number of para-hydroxylation sites is 1. The van der Waals surface area contributed by atoms with E-state index in [1.54, 1.807) is 0 Å². The predicted molar refractivity (Wildman–Crippen MR) is 80.7 cm³/mol. The molecule has 20 heavy (non-hydrogen) atoms. The van der Waals surface area contributed by atoms with Crippen LogP contribution < -0.4 is 10.2 Å². The van der Waals surface area contributed by atoms with Crippen molar-refractivity contribution in [2.45, 2.75) is 25.9 Å². The lowest BCUT2D eigenvalue weighted by molar-refractivity contribution is 0.405. The summed E-state index contributed by atoms with van der Waals surface area (Å²) in [5.74, 6) is 0.903. The first-order valence-electron chi connectivity index (χ1n) is 6.98. The minimum absolute atomic E-state index is 0.428. The highest BCUT2D eigenvalue weighted by Gasteiger charge is 2.22. The molecule has 0 spiro atoms. The van der Waals surface area contributed by atoms with E-state index < -0.39 is 0 Å². The number of anilines is 1. The molecule has 2 unspecified atom stereocenters. The van der Waals surface area contributed by atoms with Crippen LogP contribution in [-0.2, 0) is 0 Å². The van der Waals surface area contributed by atoms with Gasteiger partial charge in [-0.15, -0.1) is 0 Å². The van der Waals surface area contributed by atoms with Gasteiger partial charge >= 0.3 is 0 Å². The van der Waals surface area contributed by atoms with E-state index in [4.69, 9.17) is 4.98 Å². The fourth-order valence-corrected chi connectivity index (χ4v) is 2.93. The number of hydrogen-bond acceptors (Lipinski definition) is 4. The second-order valence-corrected chi connectivity index (χ2v) is 5.53. The summed E-state index contributed by atoms with van der Waals surface area (Å²) in [4.78, 5) is 6.99. The largest absolute Gasteiger partial charge is 0.353 e. The molecule has 1 aliphatic rings. The van der Waals surface area contributed by atoms with Crippen LogP contribution in [0, 0.1) is 11.3 Å². The molecule has 2 aromatic rings. The van der Waals surface area contributed by atoms with E-state index in [9.17, 15) is 5.26 Å². The Morgan fingerprint density at radius 2 is 1.95 bits per heavy atom. The Balaban J connectivity index is 2.06. The molecule has 1 aromatic heterocycles. The lowest BCUT2D eigenvalue weighted by Crippen LogP contribution is -2.54. The van der Waals surface area contributed by atoms with Crippen LogP contribution in [0.4, 0.5) is 5.82 Å². The summed E-state index contributed by atoms with van der Waals surface area (Å²) < 4.78 is 0. The molecule has 2 atom stereocenters. The normalized spacial score (nSPS) is 22.8. The molecule has 0 radical (unpaired) electrons. The number of hydrogen-bond donors (Lipinski definition) is 1. The molecule has 2 heterocycles. The van der Waals surface area contributed by atoms with Crippen LogP contribution in [-0.4, -0.2) is 30.2 Å². The average molecular weight is 266 g/mol. The van der Waals surface area contributed by atoms with E-state index in [-0.39, 0.29) is 0 Å². The fraction of sp³-hybridized carbons (Fsp3) is 0.375. The number of nitriles is 1. The van der Waals surface area contributed by atoms with E-state index in [1.807, 2.05) is 30.3 Å². The van der Waals surface area contributed by atoms with Gasteiger partial charge in [-0.2, -0.15) is 5.26 Å². The van der Waals surface area contributed by atoms with E-state index in [2.05, 4.69) is 30.1 Å². The van der Waals surface area contributed by atoms with E-state index in [1.165, 1.54) is 0 Å². The van der Waals surface area contributed by atoms with Gasteiger partial charge in [0.05, 0.1) is 17.1 Å². The lowest BCUT2D eigenvalue weighted by Gasteiger charge is -2.37. The smallest absolute Gasteiger partial charge is 0.130 e. The van der Waals surface area contributed by atoms with Gasteiger partial charge < -0.3 is 10.2 Å². The fourth-order valence-electron chi connectivity index (χ4n) is 2.93. The number of pyridine rings is 1. The summed E-state index contributed by atoms with van der Waals surface area (Å²) in [6, 6.07) is 12.9. The third kappa shape index (κ3) is 2.33. The van der Waals surface area contributed by atoms with Crippen molar-refractivity contribution in [1.82, 2.24) is 10.3 Å². The highest BCUT2D eigenvalue weighted by Crippen LogP contribution is 2.23. The molecular formula is C16H18N4. The van der Waals surface area contributed by atoms with Gasteiger partial charge in [-0.1, -0.05) is 18.2 Å². The predicted octanol–water partition coefficient (Wildman–Crippen LogP) is 2.29. The lowest BCUT2D eigenvalue weighted by atomic mass is 10.1. The molecule has 1 saturated heterocycles. The summed E-state index contributed by atoms with van der Waals surface area (Å²) in [5, 5.41) is 13.8. The first kappa shape index (κ1) is 12.9. The van der Waals surface area contributed by atoms with Gasteiger partial charge in [0.2, 0.25) is 0 Å². The summed E-state index contributed by atoms with van der Waals surface area (Å²) in [5.41, 5.74) is 1.59. The van der Waals surface area contributed by atoms with Crippen molar-refractivity contribution in [3.63, 3.8) is 0 Å². The highest BCUT2D eigenvalue weighted by molar-refractivity contribution is 5.86. The zero-order chi connectivity index (χ0) is 14.1. The molecule has 1 N–H and O–H groups in total. The number of aromatic nitrogens is 1. The number of benzene rings is 1. The minimum Gasteiger partial charge on any atom is -0.353 e. The zero-order valence-corrected chi connectivity index (χ0v) is 11.8. The Bertz CT molecular complexity index is 664. The number of nitrogens with one attached hydrogen (secondary N) is 1. The van der Waals surface area contributed by atoms with Gasteiger partial charge in [-0.05, 0) is 26.0 Å². The number of nitrogens with zero attached hydrogens (tertiary/aromatic N) is 3. The summed E-state index contributed by atoms with van der Waals surface area (Å²) in [7, 11) is 0. The molecule has 4 nitrogen and oxygen atoms in total. The standard InChI is InChI=1S/C16H18N4/c1-11-9-20(10-12(2)18-11)16-7-13(8-17)14-5-3-4-6-15(14)19-16/h3-7,11-12,18H,9-10H2,1-2H3. The maximum atomic E-state index is 9.35. The SMILES string of the molecule is CC1CN(c2cc(C#N)c3ccccc3n2)CC(C)N1. The molecule has 3 rings (SSSR count). The quantitative estimate of drug-likeness (QED) is 0.860. The first-order chi connectivity index (χ1) is 9.67. The maximum absolute atomic E-state index is 9.35. The molecule has 0 saturated carbocycles. The van der Waals surface area contributed by atoms with E-state index in [0.717, 1.165) is 29.8 Å².